The van der Waals surface area contributed by atoms with Crippen LogP contribution in [-0.2, 0) is 4.79 Å². The van der Waals surface area contributed by atoms with Gasteiger partial charge >= 0.3 is 6.03 Å². The molecule has 152 valence electrons. The van der Waals surface area contributed by atoms with Gasteiger partial charge in [0.15, 0.2) is 5.70 Å². The van der Waals surface area contributed by atoms with E-state index in [1.54, 1.807) is 48.5 Å². The Hall–Kier alpha value is -4.19. The maximum atomic E-state index is 13.5. The highest BCUT2D eigenvalue weighted by Gasteiger charge is 2.48. The predicted molar refractivity (Wildman–Crippen MR) is 116 cm³/mol. The number of hydrogen-bond donors (Lipinski definition) is 0. The van der Waals surface area contributed by atoms with Crippen LogP contribution in [0.3, 0.4) is 0 Å². The van der Waals surface area contributed by atoms with Crippen molar-refractivity contribution in [2.75, 3.05) is 9.80 Å². The summed E-state index contributed by atoms with van der Waals surface area (Å²) < 4.78 is 5.79. The van der Waals surface area contributed by atoms with E-state index in [4.69, 9.17) is 4.74 Å². The number of Topliss-reactive ketones (excluding diaryl/α,β-unsaturated/α-hetero) is 1. The second-order valence-corrected chi connectivity index (χ2v) is 7.53. The smallest absolute Gasteiger partial charge is 0.341 e. The fraction of sp³-hybridized carbons (Fsp3) is 0.0800. The van der Waals surface area contributed by atoms with Gasteiger partial charge in [0.2, 0.25) is 11.5 Å². The van der Waals surface area contributed by atoms with Gasteiger partial charge in [0.1, 0.15) is 5.75 Å². The van der Waals surface area contributed by atoms with Crippen LogP contribution >= 0.6 is 0 Å². The number of aryl methyl sites for hydroxylation is 2. The average molecular weight is 410 g/mol. The quantitative estimate of drug-likeness (QED) is 0.451. The summed E-state index contributed by atoms with van der Waals surface area (Å²) in [4.78, 5) is 42.4. The Morgan fingerprint density at radius 1 is 0.677 bits per heavy atom. The van der Waals surface area contributed by atoms with E-state index in [0.29, 0.717) is 22.7 Å². The first kappa shape index (κ1) is 18.8. The molecule has 5 rings (SSSR count). The first-order valence-electron chi connectivity index (χ1n) is 9.83. The fourth-order valence-corrected chi connectivity index (χ4v) is 3.72. The molecule has 6 nitrogen and oxygen atoms in total. The molecule has 6 heteroatoms. The van der Waals surface area contributed by atoms with E-state index < -0.39 is 17.7 Å². The number of imide groups is 1. The van der Waals surface area contributed by atoms with E-state index in [1.165, 1.54) is 4.90 Å². The molecule has 0 bridgehead atoms. The van der Waals surface area contributed by atoms with Crippen LogP contribution in [0.4, 0.5) is 16.2 Å². The Morgan fingerprint density at radius 3 is 1.81 bits per heavy atom. The van der Waals surface area contributed by atoms with Crippen LogP contribution in [0.1, 0.15) is 21.5 Å². The molecule has 2 aliphatic rings. The van der Waals surface area contributed by atoms with Crippen molar-refractivity contribution < 1.29 is 19.1 Å². The van der Waals surface area contributed by atoms with Crippen molar-refractivity contribution in [3.05, 3.63) is 101 Å². The van der Waals surface area contributed by atoms with Crippen LogP contribution in [0.15, 0.2) is 84.3 Å². The third-order valence-electron chi connectivity index (χ3n) is 5.36. The minimum Gasteiger partial charge on any atom is -0.450 e. The lowest BCUT2D eigenvalue weighted by Crippen LogP contribution is -2.32. The van der Waals surface area contributed by atoms with Gasteiger partial charge in [-0.1, -0.05) is 47.5 Å². The normalized spacial score (nSPS) is 17.9. The number of para-hydroxylation sites is 1. The molecule has 1 fully saturated rings. The molecule has 0 N–H and O–H groups in total. The maximum absolute atomic E-state index is 13.5. The number of anilines is 2. The molecule has 3 aromatic rings. The van der Waals surface area contributed by atoms with Gasteiger partial charge in [-0.15, -0.1) is 0 Å². The summed E-state index contributed by atoms with van der Waals surface area (Å²) >= 11 is 0. The van der Waals surface area contributed by atoms with Crippen molar-refractivity contribution in [3.63, 3.8) is 0 Å². The molecule has 0 unspecified atom stereocenters. The lowest BCUT2D eigenvalue weighted by atomic mass is 10.1. The number of carbonyl (C=O) groups is 3. The molecule has 3 amide bonds. The summed E-state index contributed by atoms with van der Waals surface area (Å²) in [5.74, 6) is -0.803. The van der Waals surface area contributed by atoms with Crippen molar-refractivity contribution in [1.82, 2.24) is 0 Å². The van der Waals surface area contributed by atoms with Crippen LogP contribution in [0.25, 0.3) is 0 Å². The van der Waals surface area contributed by atoms with Crippen LogP contribution in [0, 0.1) is 13.8 Å². The number of fused-ring (bicyclic) bond motifs is 1. The van der Waals surface area contributed by atoms with Crippen molar-refractivity contribution in [2.45, 2.75) is 13.8 Å². The molecular weight excluding hydrogens is 392 g/mol. The summed E-state index contributed by atoms with van der Waals surface area (Å²) in [7, 11) is 0. The fourth-order valence-electron chi connectivity index (χ4n) is 3.72. The second kappa shape index (κ2) is 6.95. The molecule has 0 aliphatic carbocycles. The Kier molecular flexibility index (Phi) is 4.22. The van der Waals surface area contributed by atoms with Gasteiger partial charge < -0.3 is 4.74 Å². The zero-order valence-corrected chi connectivity index (χ0v) is 17.0. The van der Waals surface area contributed by atoms with Gasteiger partial charge in [-0.25, -0.2) is 9.69 Å². The third kappa shape index (κ3) is 2.92. The average Bonchev–Trinajstić information content (AvgIpc) is 3.23. The van der Waals surface area contributed by atoms with Gasteiger partial charge in [-0.2, -0.15) is 0 Å². The molecular formula is C25H18N2O4. The molecule has 0 radical (unpaired) electrons. The number of nitrogens with zero attached hydrogens (tertiary/aromatic N) is 2. The van der Waals surface area contributed by atoms with Crippen molar-refractivity contribution >= 4 is 29.1 Å². The summed E-state index contributed by atoms with van der Waals surface area (Å²) in [6.07, 6.45) is 0. The molecule has 31 heavy (non-hydrogen) atoms. The van der Waals surface area contributed by atoms with Crippen molar-refractivity contribution in [2.24, 2.45) is 0 Å². The Morgan fingerprint density at radius 2 is 1.23 bits per heavy atom. The first-order valence-corrected chi connectivity index (χ1v) is 9.83. The van der Waals surface area contributed by atoms with Gasteiger partial charge in [0.05, 0.1) is 16.9 Å². The number of carbonyl (C=O) groups excluding carboxylic acids is 3. The number of hydrogen-bond acceptors (Lipinski definition) is 4. The highest BCUT2D eigenvalue weighted by atomic mass is 16.5. The number of benzene rings is 3. The first-order chi connectivity index (χ1) is 15.0. The number of allylic oxidation sites excluding steroid dienone is 1. The number of rotatable bonds is 2. The minimum atomic E-state index is -0.606. The van der Waals surface area contributed by atoms with Crippen molar-refractivity contribution in [3.8, 4) is 5.75 Å². The zero-order valence-electron chi connectivity index (χ0n) is 17.0. The van der Waals surface area contributed by atoms with Gasteiger partial charge in [0.25, 0.3) is 5.91 Å². The van der Waals surface area contributed by atoms with Gasteiger partial charge in [-0.05, 0) is 50.2 Å². The molecule has 0 spiro atoms. The largest absolute Gasteiger partial charge is 0.450 e. The van der Waals surface area contributed by atoms with E-state index in [9.17, 15) is 14.4 Å². The molecule has 1 saturated heterocycles. The van der Waals surface area contributed by atoms with E-state index >= 15 is 0 Å². The van der Waals surface area contributed by atoms with Crippen LogP contribution in [0.2, 0.25) is 0 Å². The number of urea groups is 1. The number of amides is 3. The number of ether oxygens (including phenoxy) is 1. The topological polar surface area (TPSA) is 66.9 Å². The second-order valence-electron chi connectivity index (χ2n) is 7.53. The lowest BCUT2D eigenvalue weighted by molar-refractivity contribution is -0.114. The van der Waals surface area contributed by atoms with Crippen molar-refractivity contribution in [1.29, 1.82) is 0 Å². The summed E-state index contributed by atoms with van der Waals surface area (Å²) in [6, 6.07) is 20.4. The summed E-state index contributed by atoms with van der Waals surface area (Å²) in [5, 5.41) is 0. The standard InChI is InChI=1S/C25H18N2O4/c1-15-7-11-17(12-8-15)26-21(23-22(28)19-5-3-4-6-20(19)31-23)24(29)27(25(26)30)18-13-9-16(2)10-14-18/h3-14H,1-2H3/b23-21-. The van der Waals surface area contributed by atoms with E-state index in [-0.39, 0.29) is 11.5 Å². The monoisotopic (exact) mass is 410 g/mol. The summed E-state index contributed by atoms with van der Waals surface area (Å²) in [5.41, 5.74) is 3.19. The summed E-state index contributed by atoms with van der Waals surface area (Å²) in [6.45, 7) is 3.85. The molecule has 0 atom stereocenters. The molecule has 2 heterocycles. The number of ketones is 1. The maximum Gasteiger partial charge on any atom is 0.341 e. The van der Waals surface area contributed by atoms with Gasteiger partial charge in [-0.3, -0.25) is 14.5 Å². The SMILES string of the molecule is Cc1ccc(N2C(=O)/C(=C3/Oc4ccccc4C3=O)N(c3ccc(C)cc3)C2=O)cc1. The molecule has 3 aromatic carbocycles. The van der Waals surface area contributed by atoms with Crippen LogP contribution < -0.4 is 14.5 Å². The van der Waals surface area contributed by atoms with Gasteiger partial charge in [0, 0.05) is 0 Å². The lowest BCUT2D eigenvalue weighted by Gasteiger charge is -2.18. The Labute approximate surface area is 179 Å². The molecule has 2 aliphatic heterocycles. The predicted octanol–water partition coefficient (Wildman–Crippen LogP) is 4.76. The van der Waals surface area contributed by atoms with Crippen LogP contribution in [0.5, 0.6) is 5.75 Å². The van der Waals surface area contributed by atoms with E-state index in [2.05, 4.69) is 0 Å². The highest BCUT2D eigenvalue weighted by molar-refractivity contribution is 6.36. The zero-order chi connectivity index (χ0) is 21.7. The van der Waals surface area contributed by atoms with E-state index in [1.807, 2.05) is 38.1 Å². The molecule has 0 aromatic heterocycles. The van der Waals surface area contributed by atoms with E-state index in [0.717, 1.165) is 16.0 Å². The minimum absolute atomic E-state index is 0.0874. The Bertz CT molecular complexity index is 1270. The molecule has 0 saturated carbocycles. The highest BCUT2D eigenvalue weighted by Crippen LogP contribution is 2.39. The third-order valence-corrected chi connectivity index (χ3v) is 5.36. The Balaban J connectivity index is 1.70. The van der Waals surface area contributed by atoms with Crippen LogP contribution in [-0.4, -0.2) is 17.7 Å².